The van der Waals surface area contributed by atoms with Crippen LogP contribution in [0.2, 0.25) is 0 Å². The Morgan fingerprint density at radius 1 is 1.44 bits per heavy atom. The Bertz CT molecular complexity index is 428. The van der Waals surface area contributed by atoms with Gasteiger partial charge < -0.3 is 16.4 Å². The van der Waals surface area contributed by atoms with Crippen molar-refractivity contribution in [3.05, 3.63) is 28.2 Å². The van der Waals surface area contributed by atoms with Gasteiger partial charge in [-0.1, -0.05) is 6.42 Å². The Labute approximate surface area is 115 Å². The second-order valence-electron chi connectivity index (χ2n) is 4.60. The molecule has 1 aliphatic rings. The van der Waals surface area contributed by atoms with Gasteiger partial charge in [-0.15, -0.1) is 0 Å². The van der Waals surface area contributed by atoms with Gasteiger partial charge in [-0.2, -0.15) is 0 Å². The number of primary amides is 1. The Kier molecular flexibility index (Phi) is 4.60. The van der Waals surface area contributed by atoms with Crippen LogP contribution in [-0.2, 0) is 0 Å². The van der Waals surface area contributed by atoms with Crippen molar-refractivity contribution in [2.75, 3.05) is 18.4 Å². The Morgan fingerprint density at radius 2 is 2.28 bits per heavy atom. The predicted molar refractivity (Wildman–Crippen MR) is 76.8 cm³/mol. The van der Waals surface area contributed by atoms with Crippen molar-refractivity contribution in [3.8, 4) is 0 Å². The maximum Gasteiger partial charge on any atom is 0.249 e. The standard InChI is InChI=1S/C13H18BrN3O/c14-12-7-9(4-5-11(12)13(15)18)17-10-3-1-2-6-16-8-10/h4-5,7,10,16-17H,1-3,6,8H2,(H2,15,18). The SMILES string of the molecule is NC(=O)c1ccc(NC2CCCCNC2)cc1Br. The van der Waals surface area contributed by atoms with Gasteiger partial charge in [0.1, 0.15) is 0 Å². The monoisotopic (exact) mass is 311 g/mol. The second-order valence-corrected chi connectivity index (χ2v) is 5.45. The van der Waals surface area contributed by atoms with Gasteiger partial charge in [0.15, 0.2) is 0 Å². The Morgan fingerprint density at radius 3 is 3.00 bits per heavy atom. The zero-order valence-electron chi connectivity index (χ0n) is 10.2. The third kappa shape index (κ3) is 3.46. The van der Waals surface area contributed by atoms with Crippen LogP contribution in [0, 0.1) is 0 Å². The summed E-state index contributed by atoms with van der Waals surface area (Å²) in [5, 5.41) is 6.90. The largest absolute Gasteiger partial charge is 0.381 e. The molecule has 1 heterocycles. The molecule has 4 N–H and O–H groups in total. The zero-order valence-corrected chi connectivity index (χ0v) is 11.8. The lowest BCUT2D eigenvalue weighted by atomic mass is 10.1. The molecule has 0 aromatic heterocycles. The lowest BCUT2D eigenvalue weighted by molar-refractivity contribution is 0.0999. The highest BCUT2D eigenvalue weighted by molar-refractivity contribution is 9.10. The van der Waals surface area contributed by atoms with E-state index in [4.69, 9.17) is 5.73 Å². The number of nitrogens with two attached hydrogens (primary N) is 1. The summed E-state index contributed by atoms with van der Waals surface area (Å²) in [5.74, 6) is -0.412. The molecule has 0 aliphatic carbocycles. The molecule has 1 aromatic rings. The van der Waals surface area contributed by atoms with E-state index in [-0.39, 0.29) is 0 Å². The number of amides is 1. The Hall–Kier alpha value is -1.07. The molecule has 0 spiro atoms. The van der Waals surface area contributed by atoms with E-state index in [0.29, 0.717) is 11.6 Å². The fraction of sp³-hybridized carbons (Fsp3) is 0.462. The van der Waals surface area contributed by atoms with Crippen molar-refractivity contribution >= 4 is 27.5 Å². The van der Waals surface area contributed by atoms with Crippen molar-refractivity contribution < 1.29 is 4.79 Å². The highest BCUT2D eigenvalue weighted by Gasteiger charge is 2.12. The summed E-state index contributed by atoms with van der Waals surface area (Å²) in [4.78, 5) is 11.1. The number of hydrogen-bond acceptors (Lipinski definition) is 3. The summed E-state index contributed by atoms with van der Waals surface area (Å²) in [7, 11) is 0. The fourth-order valence-corrected chi connectivity index (χ4v) is 2.76. The first-order chi connectivity index (χ1) is 8.66. The van der Waals surface area contributed by atoms with E-state index in [1.807, 2.05) is 12.1 Å². The van der Waals surface area contributed by atoms with Crippen molar-refractivity contribution in [2.24, 2.45) is 5.73 Å². The minimum Gasteiger partial charge on any atom is -0.381 e. The number of nitrogens with one attached hydrogen (secondary N) is 2. The minimum atomic E-state index is -0.412. The van der Waals surface area contributed by atoms with E-state index < -0.39 is 5.91 Å². The van der Waals surface area contributed by atoms with Gasteiger partial charge in [-0.05, 0) is 53.5 Å². The van der Waals surface area contributed by atoms with Gasteiger partial charge in [0.05, 0.1) is 5.56 Å². The average Bonchev–Trinajstić information content (AvgIpc) is 2.57. The molecular formula is C13H18BrN3O. The highest BCUT2D eigenvalue weighted by Crippen LogP contribution is 2.22. The van der Waals surface area contributed by atoms with E-state index in [1.165, 1.54) is 19.3 Å². The van der Waals surface area contributed by atoms with Crippen LogP contribution in [0.5, 0.6) is 0 Å². The molecular weight excluding hydrogens is 294 g/mol. The Balaban J connectivity index is 2.05. The molecule has 1 amide bonds. The molecule has 18 heavy (non-hydrogen) atoms. The van der Waals surface area contributed by atoms with E-state index in [2.05, 4.69) is 26.6 Å². The van der Waals surface area contributed by atoms with Crippen molar-refractivity contribution in [3.63, 3.8) is 0 Å². The maximum absolute atomic E-state index is 11.1. The van der Waals surface area contributed by atoms with Crippen LogP contribution in [0.4, 0.5) is 5.69 Å². The third-order valence-corrected chi connectivity index (χ3v) is 3.81. The molecule has 2 rings (SSSR count). The number of benzene rings is 1. The fourth-order valence-electron chi connectivity index (χ4n) is 2.18. The van der Waals surface area contributed by atoms with Crippen LogP contribution in [0.1, 0.15) is 29.6 Å². The normalized spacial score (nSPS) is 20.2. The summed E-state index contributed by atoms with van der Waals surface area (Å²) < 4.78 is 0.738. The molecule has 0 bridgehead atoms. The minimum absolute atomic E-state index is 0.412. The van der Waals surface area contributed by atoms with Gasteiger partial charge in [0.25, 0.3) is 0 Å². The van der Waals surface area contributed by atoms with Crippen molar-refractivity contribution in [1.82, 2.24) is 5.32 Å². The number of halogens is 1. The molecule has 4 nitrogen and oxygen atoms in total. The van der Waals surface area contributed by atoms with Crippen LogP contribution < -0.4 is 16.4 Å². The lowest BCUT2D eigenvalue weighted by Crippen LogP contribution is -2.30. The zero-order chi connectivity index (χ0) is 13.0. The smallest absolute Gasteiger partial charge is 0.249 e. The van der Waals surface area contributed by atoms with E-state index in [0.717, 1.165) is 23.2 Å². The third-order valence-electron chi connectivity index (χ3n) is 3.15. The summed E-state index contributed by atoms with van der Waals surface area (Å²) in [6, 6.07) is 6.00. The number of anilines is 1. The van der Waals surface area contributed by atoms with Crippen LogP contribution in [0.3, 0.4) is 0 Å². The van der Waals surface area contributed by atoms with Crippen LogP contribution >= 0.6 is 15.9 Å². The highest BCUT2D eigenvalue weighted by atomic mass is 79.9. The van der Waals surface area contributed by atoms with Gasteiger partial charge >= 0.3 is 0 Å². The summed E-state index contributed by atoms with van der Waals surface area (Å²) in [5.41, 5.74) is 6.80. The van der Waals surface area contributed by atoms with Crippen LogP contribution in [0.15, 0.2) is 22.7 Å². The average molecular weight is 312 g/mol. The first-order valence-electron chi connectivity index (χ1n) is 6.23. The van der Waals surface area contributed by atoms with Gasteiger partial charge in [-0.3, -0.25) is 4.79 Å². The first-order valence-corrected chi connectivity index (χ1v) is 7.03. The van der Waals surface area contributed by atoms with Gasteiger partial charge in [0, 0.05) is 22.7 Å². The molecule has 1 aromatic carbocycles. The van der Waals surface area contributed by atoms with Crippen molar-refractivity contribution in [2.45, 2.75) is 25.3 Å². The maximum atomic E-state index is 11.1. The summed E-state index contributed by atoms with van der Waals surface area (Å²) in [6.07, 6.45) is 3.65. The molecule has 0 radical (unpaired) electrons. The van der Waals surface area contributed by atoms with Gasteiger partial charge in [0.2, 0.25) is 5.91 Å². The molecule has 98 valence electrons. The topological polar surface area (TPSA) is 67.2 Å². The van der Waals surface area contributed by atoms with Crippen LogP contribution in [0.25, 0.3) is 0 Å². The van der Waals surface area contributed by atoms with Crippen molar-refractivity contribution in [1.29, 1.82) is 0 Å². The molecule has 1 unspecified atom stereocenters. The second kappa shape index (κ2) is 6.20. The van der Waals surface area contributed by atoms with Gasteiger partial charge in [-0.25, -0.2) is 0 Å². The number of hydrogen-bond donors (Lipinski definition) is 3. The molecule has 0 saturated carbocycles. The summed E-state index contributed by atoms with van der Waals surface area (Å²) in [6.45, 7) is 2.08. The number of carbonyl (C=O) groups excluding carboxylic acids is 1. The summed E-state index contributed by atoms with van der Waals surface area (Å²) >= 11 is 3.37. The van der Waals surface area contributed by atoms with Crippen LogP contribution in [-0.4, -0.2) is 25.0 Å². The quantitative estimate of drug-likeness (QED) is 0.801. The molecule has 1 saturated heterocycles. The predicted octanol–water partition coefficient (Wildman–Crippen LogP) is 2.10. The van der Waals surface area contributed by atoms with E-state index >= 15 is 0 Å². The van der Waals surface area contributed by atoms with E-state index in [9.17, 15) is 4.79 Å². The molecule has 1 atom stereocenters. The lowest BCUT2D eigenvalue weighted by Gasteiger charge is -2.18. The number of carbonyl (C=O) groups is 1. The van der Waals surface area contributed by atoms with E-state index in [1.54, 1.807) is 6.07 Å². The number of rotatable bonds is 3. The molecule has 5 heteroatoms. The first kappa shape index (κ1) is 13.4. The molecule has 1 fully saturated rings. The molecule has 1 aliphatic heterocycles.